The van der Waals surface area contributed by atoms with Crippen molar-refractivity contribution in [1.82, 2.24) is 4.83 Å². The monoisotopic (exact) mass is 320 g/mol. The molecule has 0 radical (unpaired) electrons. The zero-order chi connectivity index (χ0) is 16.0. The van der Waals surface area contributed by atoms with Gasteiger partial charge >= 0.3 is 0 Å². The number of hydrogen-bond donors (Lipinski definition) is 1. The van der Waals surface area contributed by atoms with Crippen molar-refractivity contribution < 1.29 is 17.9 Å². The fraction of sp³-hybridized carbons (Fsp3) is 0.133. The Bertz CT molecular complexity index is 758. The first-order chi connectivity index (χ1) is 10.6. The lowest BCUT2D eigenvalue weighted by Crippen LogP contribution is -2.18. The second-order valence-electron chi connectivity index (χ2n) is 4.25. The number of nitrogens with one attached hydrogen (secondary N) is 1. The smallest absolute Gasteiger partial charge is 0.276 e. The van der Waals surface area contributed by atoms with Crippen LogP contribution in [0.25, 0.3) is 0 Å². The predicted octanol–water partition coefficient (Wildman–Crippen LogP) is 2.02. The van der Waals surface area contributed by atoms with Crippen LogP contribution in [0, 0.1) is 0 Å². The summed E-state index contributed by atoms with van der Waals surface area (Å²) < 4.78 is 34.4. The Morgan fingerprint density at radius 1 is 1.00 bits per heavy atom. The summed E-state index contributed by atoms with van der Waals surface area (Å²) >= 11 is 0. The summed E-state index contributed by atoms with van der Waals surface area (Å²) in [5, 5.41) is 3.78. The topological polar surface area (TPSA) is 77.0 Å². The van der Waals surface area contributed by atoms with Crippen LogP contribution in [0.2, 0.25) is 0 Å². The van der Waals surface area contributed by atoms with Crippen LogP contribution in [0.1, 0.15) is 5.56 Å². The third-order valence-electron chi connectivity index (χ3n) is 2.86. The van der Waals surface area contributed by atoms with Crippen LogP contribution in [0.15, 0.2) is 58.5 Å². The van der Waals surface area contributed by atoms with Crippen LogP contribution in [-0.4, -0.2) is 28.9 Å². The van der Waals surface area contributed by atoms with Crippen molar-refractivity contribution >= 4 is 16.2 Å². The highest BCUT2D eigenvalue weighted by atomic mass is 32.2. The van der Waals surface area contributed by atoms with E-state index in [0.717, 1.165) is 0 Å². The first kappa shape index (κ1) is 15.8. The molecule has 0 bridgehead atoms. The van der Waals surface area contributed by atoms with Gasteiger partial charge in [-0.05, 0) is 24.3 Å². The number of benzene rings is 2. The number of methoxy groups -OCH3 is 2. The number of para-hydroxylation sites is 1. The Morgan fingerprint density at radius 2 is 1.73 bits per heavy atom. The van der Waals surface area contributed by atoms with Crippen LogP contribution in [0.4, 0.5) is 0 Å². The van der Waals surface area contributed by atoms with Crippen molar-refractivity contribution in [2.75, 3.05) is 14.2 Å². The van der Waals surface area contributed by atoms with Crippen LogP contribution < -0.4 is 14.3 Å². The zero-order valence-electron chi connectivity index (χ0n) is 12.2. The minimum Gasteiger partial charge on any atom is -0.493 e. The van der Waals surface area contributed by atoms with Gasteiger partial charge in [-0.1, -0.05) is 24.3 Å². The maximum Gasteiger partial charge on any atom is 0.276 e. The molecule has 6 nitrogen and oxygen atoms in total. The normalized spacial score (nSPS) is 11.4. The van der Waals surface area contributed by atoms with Crippen molar-refractivity contribution in [3.05, 3.63) is 54.1 Å². The van der Waals surface area contributed by atoms with Crippen LogP contribution in [0.3, 0.4) is 0 Å². The molecule has 0 atom stereocenters. The molecule has 0 heterocycles. The molecule has 2 rings (SSSR count). The summed E-state index contributed by atoms with van der Waals surface area (Å²) in [6.07, 6.45) is 1.36. The second-order valence-corrected chi connectivity index (χ2v) is 5.91. The largest absolute Gasteiger partial charge is 0.493 e. The van der Waals surface area contributed by atoms with Crippen LogP contribution >= 0.6 is 0 Å². The highest BCUT2D eigenvalue weighted by Crippen LogP contribution is 2.29. The number of hydrogen-bond acceptors (Lipinski definition) is 5. The molecule has 0 unspecified atom stereocenters. The van der Waals surface area contributed by atoms with Crippen molar-refractivity contribution in [2.45, 2.75) is 4.90 Å². The van der Waals surface area contributed by atoms with Gasteiger partial charge in [-0.3, -0.25) is 0 Å². The molecule has 0 spiro atoms. The van der Waals surface area contributed by atoms with E-state index in [4.69, 9.17) is 9.47 Å². The van der Waals surface area contributed by atoms with Gasteiger partial charge in [0.2, 0.25) is 0 Å². The van der Waals surface area contributed by atoms with E-state index in [9.17, 15) is 8.42 Å². The van der Waals surface area contributed by atoms with E-state index in [-0.39, 0.29) is 4.90 Å². The van der Waals surface area contributed by atoms with Gasteiger partial charge < -0.3 is 9.47 Å². The van der Waals surface area contributed by atoms with Crippen molar-refractivity contribution in [1.29, 1.82) is 0 Å². The maximum absolute atomic E-state index is 12.0. The quantitative estimate of drug-likeness (QED) is 0.652. The zero-order valence-corrected chi connectivity index (χ0v) is 13.0. The number of hydrazone groups is 1. The molecule has 116 valence electrons. The number of nitrogens with zero attached hydrogens (tertiary/aromatic N) is 1. The molecule has 22 heavy (non-hydrogen) atoms. The average molecular weight is 320 g/mol. The molecule has 0 amide bonds. The first-order valence-electron chi connectivity index (χ1n) is 6.39. The molecule has 1 N–H and O–H groups in total. The lowest BCUT2D eigenvalue weighted by atomic mass is 10.2. The van der Waals surface area contributed by atoms with E-state index < -0.39 is 10.0 Å². The Labute approximate surface area is 129 Å². The summed E-state index contributed by atoms with van der Waals surface area (Å²) in [6, 6.07) is 13.2. The lowest BCUT2D eigenvalue weighted by Gasteiger charge is -2.09. The third kappa shape index (κ3) is 3.56. The molecular weight excluding hydrogens is 304 g/mol. The van der Waals surface area contributed by atoms with E-state index in [1.807, 2.05) is 0 Å². The van der Waals surface area contributed by atoms with Crippen LogP contribution in [-0.2, 0) is 10.0 Å². The first-order valence-corrected chi connectivity index (χ1v) is 7.87. The van der Waals surface area contributed by atoms with Gasteiger partial charge in [-0.25, -0.2) is 4.83 Å². The fourth-order valence-corrected chi connectivity index (χ4v) is 2.64. The molecule has 0 aliphatic rings. The SMILES string of the molecule is COc1cccc(/C=N\NS(=O)(=O)c2ccccc2)c1OC. The van der Waals surface area contributed by atoms with Crippen molar-refractivity contribution in [3.8, 4) is 11.5 Å². The van der Waals surface area contributed by atoms with E-state index in [0.29, 0.717) is 17.1 Å². The number of rotatable bonds is 6. The second kappa shape index (κ2) is 6.95. The third-order valence-corrected chi connectivity index (χ3v) is 4.10. The van der Waals surface area contributed by atoms with Gasteiger partial charge in [0, 0.05) is 5.56 Å². The van der Waals surface area contributed by atoms with Gasteiger partial charge in [0.25, 0.3) is 10.0 Å². The van der Waals surface area contributed by atoms with Crippen LogP contribution in [0.5, 0.6) is 11.5 Å². The van der Waals surface area contributed by atoms with Gasteiger partial charge in [0.1, 0.15) is 0 Å². The van der Waals surface area contributed by atoms with Gasteiger partial charge in [0.05, 0.1) is 25.3 Å². The Morgan fingerprint density at radius 3 is 2.36 bits per heavy atom. The molecule has 0 aliphatic carbocycles. The van der Waals surface area contributed by atoms with E-state index >= 15 is 0 Å². The molecule has 7 heteroatoms. The minimum absolute atomic E-state index is 0.143. The fourth-order valence-electron chi connectivity index (χ4n) is 1.83. The van der Waals surface area contributed by atoms with Crippen molar-refractivity contribution in [3.63, 3.8) is 0 Å². The summed E-state index contributed by atoms with van der Waals surface area (Å²) in [7, 11) is -0.658. The summed E-state index contributed by atoms with van der Waals surface area (Å²) in [4.78, 5) is 2.30. The molecule has 0 fully saturated rings. The predicted molar refractivity (Wildman–Crippen MR) is 83.9 cm³/mol. The molecule has 0 saturated heterocycles. The highest BCUT2D eigenvalue weighted by Gasteiger charge is 2.12. The molecule has 0 aromatic heterocycles. The molecule has 2 aromatic rings. The molecule has 0 saturated carbocycles. The number of ether oxygens (including phenoxy) is 2. The van der Waals surface area contributed by atoms with Gasteiger partial charge in [-0.15, -0.1) is 0 Å². The minimum atomic E-state index is -3.69. The standard InChI is InChI=1S/C15H16N2O4S/c1-20-14-10-6-7-12(15(14)21-2)11-16-17-22(18,19)13-8-4-3-5-9-13/h3-11,17H,1-2H3/b16-11-. The Balaban J connectivity index is 2.20. The lowest BCUT2D eigenvalue weighted by molar-refractivity contribution is 0.354. The maximum atomic E-state index is 12.0. The summed E-state index contributed by atoms with van der Waals surface area (Å²) in [5.74, 6) is 1.02. The van der Waals surface area contributed by atoms with E-state index in [2.05, 4.69) is 9.93 Å². The molecule has 2 aromatic carbocycles. The average Bonchev–Trinajstić information content (AvgIpc) is 2.55. The Kier molecular flexibility index (Phi) is 5.00. The van der Waals surface area contributed by atoms with Gasteiger partial charge in [-0.2, -0.15) is 13.5 Å². The highest BCUT2D eigenvalue weighted by molar-refractivity contribution is 7.89. The summed E-state index contributed by atoms with van der Waals surface area (Å²) in [5.41, 5.74) is 0.595. The summed E-state index contributed by atoms with van der Waals surface area (Å²) in [6.45, 7) is 0. The van der Waals surface area contributed by atoms with Gasteiger partial charge in [0.15, 0.2) is 11.5 Å². The van der Waals surface area contributed by atoms with E-state index in [1.54, 1.807) is 36.4 Å². The molecule has 0 aliphatic heterocycles. The molecular formula is C15H16N2O4S. The Hall–Kier alpha value is -2.54. The van der Waals surface area contributed by atoms with E-state index in [1.165, 1.54) is 32.6 Å². The van der Waals surface area contributed by atoms with Crippen molar-refractivity contribution in [2.24, 2.45) is 5.10 Å². The number of sulfonamides is 1.